The predicted octanol–water partition coefficient (Wildman–Crippen LogP) is 4.74. The summed E-state index contributed by atoms with van der Waals surface area (Å²) in [4.78, 5) is 0. The Balaban J connectivity index is 2.05. The Morgan fingerprint density at radius 2 is 1.65 bits per heavy atom. The highest BCUT2D eigenvalue weighted by molar-refractivity contribution is 5.97. The van der Waals surface area contributed by atoms with Gasteiger partial charge in [-0.15, -0.1) is 15.3 Å². The largest absolute Gasteiger partial charge is 0.416 e. The molecule has 0 radical (unpaired) electrons. The fraction of sp³-hybridized carbons (Fsp3) is 0.0667. The summed E-state index contributed by atoms with van der Waals surface area (Å²) in [5, 5.41) is 20.1. The van der Waals surface area contributed by atoms with Gasteiger partial charge in [-0.2, -0.15) is 18.4 Å². The van der Waals surface area contributed by atoms with Crippen LogP contribution in [-0.4, -0.2) is 5.84 Å². The molecule has 0 fully saturated rings. The van der Waals surface area contributed by atoms with Gasteiger partial charge < -0.3 is 0 Å². The third-order valence-electron chi connectivity index (χ3n) is 2.62. The molecule has 0 atom stereocenters. The summed E-state index contributed by atoms with van der Waals surface area (Å²) in [6.07, 6.45) is -4.40. The van der Waals surface area contributed by atoms with Gasteiger partial charge in [0.2, 0.25) is 0 Å². The second-order valence-electron chi connectivity index (χ2n) is 4.27. The van der Waals surface area contributed by atoms with Crippen LogP contribution in [0.1, 0.15) is 5.56 Å². The Bertz CT molecular complexity index is 743. The van der Waals surface area contributed by atoms with Crippen LogP contribution >= 0.6 is 0 Å². The van der Waals surface area contributed by atoms with Gasteiger partial charge in [0.15, 0.2) is 0 Å². The molecule has 0 bridgehead atoms. The highest BCUT2D eigenvalue weighted by atomic mass is 19.4. The number of hydrogen-bond donors (Lipinski definition) is 1. The van der Waals surface area contributed by atoms with Crippen LogP contribution in [0.4, 0.5) is 24.5 Å². The highest BCUT2D eigenvalue weighted by Crippen LogP contribution is 2.29. The highest BCUT2D eigenvalue weighted by Gasteiger charge is 2.29. The molecule has 1 N–H and O–H groups in total. The number of halogens is 3. The smallest absolute Gasteiger partial charge is 0.276 e. The summed E-state index contributed by atoms with van der Waals surface area (Å²) >= 11 is 0. The van der Waals surface area contributed by atoms with Crippen molar-refractivity contribution in [3.63, 3.8) is 0 Å². The number of nitriles is 1. The Hall–Kier alpha value is -3.21. The fourth-order valence-electron chi connectivity index (χ4n) is 1.52. The minimum atomic E-state index is -4.40. The van der Waals surface area contributed by atoms with Gasteiger partial charge in [-0.3, -0.25) is 5.43 Å². The topological polar surface area (TPSA) is 72.9 Å². The third kappa shape index (κ3) is 4.93. The third-order valence-corrected chi connectivity index (χ3v) is 2.62. The Kier molecular flexibility index (Phi) is 5.04. The number of amidine groups is 1. The number of rotatable bonds is 3. The molecule has 2 aromatic rings. The zero-order valence-corrected chi connectivity index (χ0v) is 11.6. The first kappa shape index (κ1) is 16.2. The van der Waals surface area contributed by atoms with E-state index in [1.165, 1.54) is 12.1 Å². The van der Waals surface area contributed by atoms with Gasteiger partial charge in [-0.05, 0) is 36.4 Å². The summed E-state index contributed by atoms with van der Waals surface area (Å²) in [6, 6.07) is 14.7. The van der Waals surface area contributed by atoms with Crippen LogP contribution in [0.3, 0.4) is 0 Å². The fourth-order valence-corrected chi connectivity index (χ4v) is 1.52. The number of hydrogen-bond acceptors (Lipinski definition) is 4. The first-order chi connectivity index (χ1) is 11.0. The standard InChI is InChI=1S/C15H10F3N5/c16-15(17,18)11-6-8-13(9-7-11)21-23-14(10-19)22-20-12-4-2-1-3-5-12/h1-9,21H/b22-20+,23-14+. The van der Waals surface area contributed by atoms with Crippen LogP contribution < -0.4 is 5.43 Å². The van der Waals surface area contributed by atoms with Crippen molar-refractivity contribution in [3.05, 3.63) is 60.2 Å². The molecule has 0 aliphatic heterocycles. The molecule has 23 heavy (non-hydrogen) atoms. The van der Waals surface area contributed by atoms with Crippen LogP contribution in [-0.2, 0) is 6.18 Å². The lowest BCUT2D eigenvalue weighted by Crippen LogP contribution is -2.04. The first-order valence-corrected chi connectivity index (χ1v) is 6.37. The molecule has 0 saturated carbocycles. The molecule has 2 aromatic carbocycles. The molecular formula is C15H10F3N5. The molecule has 2 rings (SSSR count). The van der Waals surface area contributed by atoms with Crippen molar-refractivity contribution in [1.29, 1.82) is 5.26 Å². The summed E-state index contributed by atoms with van der Waals surface area (Å²) in [5.74, 6) is -0.256. The van der Waals surface area contributed by atoms with Crippen molar-refractivity contribution in [3.8, 4) is 6.07 Å². The number of anilines is 1. The van der Waals surface area contributed by atoms with Crippen LogP contribution in [0.5, 0.6) is 0 Å². The first-order valence-electron chi connectivity index (χ1n) is 6.37. The molecule has 0 aliphatic rings. The number of benzene rings is 2. The number of alkyl halides is 3. The van der Waals surface area contributed by atoms with E-state index in [4.69, 9.17) is 5.26 Å². The van der Waals surface area contributed by atoms with Crippen LogP contribution in [0.15, 0.2) is 69.9 Å². The van der Waals surface area contributed by atoms with Crippen molar-refractivity contribution < 1.29 is 13.2 Å². The van der Waals surface area contributed by atoms with Gasteiger partial charge in [-0.1, -0.05) is 18.2 Å². The average molecular weight is 317 g/mol. The number of azo groups is 1. The Morgan fingerprint density at radius 1 is 1.00 bits per heavy atom. The van der Waals surface area contributed by atoms with E-state index >= 15 is 0 Å². The summed E-state index contributed by atoms with van der Waals surface area (Å²) < 4.78 is 37.3. The number of nitrogens with zero attached hydrogens (tertiary/aromatic N) is 4. The Morgan fingerprint density at radius 3 is 2.22 bits per heavy atom. The van der Waals surface area contributed by atoms with Gasteiger partial charge in [-0.25, -0.2) is 0 Å². The molecule has 116 valence electrons. The molecule has 0 unspecified atom stereocenters. The predicted molar refractivity (Wildman–Crippen MR) is 79.1 cm³/mol. The zero-order chi connectivity index (χ0) is 16.7. The van der Waals surface area contributed by atoms with E-state index in [0.717, 1.165) is 12.1 Å². The molecule has 0 aliphatic carbocycles. The second kappa shape index (κ2) is 7.17. The Labute approximate surface area is 129 Å². The van der Waals surface area contributed by atoms with E-state index in [0.29, 0.717) is 11.4 Å². The molecule has 0 aromatic heterocycles. The summed E-state index contributed by atoms with van der Waals surface area (Å²) in [6.45, 7) is 0. The van der Waals surface area contributed by atoms with Gasteiger partial charge in [0.1, 0.15) is 6.07 Å². The summed E-state index contributed by atoms with van der Waals surface area (Å²) in [5.41, 5.74) is 2.53. The van der Waals surface area contributed by atoms with E-state index in [9.17, 15) is 13.2 Å². The molecule has 0 spiro atoms. The number of hydrazone groups is 1. The lowest BCUT2D eigenvalue weighted by molar-refractivity contribution is -0.137. The van der Waals surface area contributed by atoms with E-state index in [-0.39, 0.29) is 5.84 Å². The molecular weight excluding hydrogens is 307 g/mol. The average Bonchev–Trinajstić information content (AvgIpc) is 2.55. The van der Waals surface area contributed by atoms with Crippen molar-refractivity contribution in [2.75, 3.05) is 5.43 Å². The molecule has 0 heterocycles. The maximum absolute atomic E-state index is 12.4. The normalized spacial score (nSPS) is 12.2. The number of nitrogens with one attached hydrogen (secondary N) is 1. The lowest BCUT2D eigenvalue weighted by atomic mass is 10.2. The molecule has 0 amide bonds. The quantitative estimate of drug-likeness (QED) is 0.384. The van der Waals surface area contributed by atoms with Crippen molar-refractivity contribution in [2.45, 2.75) is 6.18 Å². The van der Waals surface area contributed by atoms with Gasteiger partial charge in [0.05, 0.1) is 16.9 Å². The van der Waals surface area contributed by atoms with E-state index in [1.807, 2.05) is 6.07 Å². The monoisotopic (exact) mass is 317 g/mol. The molecule has 0 saturated heterocycles. The minimum absolute atomic E-state index is 0.256. The minimum Gasteiger partial charge on any atom is -0.276 e. The maximum atomic E-state index is 12.4. The SMILES string of the molecule is N#CC(/N=N/c1ccccc1)=N\Nc1ccc(C(F)(F)F)cc1. The van der Waals surface area contributed by atoms with Crippen LogP contribution in [0, 0.1) is 11.3 Å². The van der Waals surface area contributed by atoms with Crippen molar-refractivity contribution in [1.82, 2.24) is 0 Å². The van der Waals surface area contributed by atoms with Crippen LogP contribution in [0.25, 0.3) is 0 Å². The van der Waals surface area contributed by atoms with E-state index in [2.05, 4.69) is 20.8 Å². The van der Waals surface area contributed by atoms with Gasteiger partial charge >= 0.3 is 6.18 Å². The lowest BCUT2D eigenvalue weighted by Gasteiger charge is -2.06. The van der Waals surface area contributed by atoms with Gasteiger partial charge in [0, 0.05) is 0 Å². The van der Waals surface area contributed by atoms with E-state index < -0.39 is 11.7 Å². The molecule has 8 heteroatoms. The van der Waals surface area contributed by atoms with Crippen molar-refractivity contribution in [2.24, 2.45) is 15.3 Å². The van der Waals surface area contributed by atoms with Crippen molar-refractivity contribution >= 4 is 17.2 Å². The second-order valence-corrected chi connectivity index (χ2v) is 4.27. The zero-order valence-electron chi connectivity index (χ0n) is 11.6. The maximum Gasteiger partial charge on any atom is 0.416 e. The summed E-state index contributed by atoms with van der Waals surface area (Å²) in [7, 11) is 0. The van der Waals surface area contributed by atoms with E-state index in [1.54, 1.807) is 30.3 Å². The molecule has 5 nitrogen and oxygen atoms in total. The van der Waals surface area contributed by atoms with Crippen LogP contribution in [0.2, 0.25) is 0 Å². The van der Waals surface area contributed by atoms with Gasteiger partial charge in [0.25, 0.3) is 5.84 Å².